The van der Waals surface area contributed by atoms with Crippen molar-refractivity contribution in [2.45, 2.75) is 13.1 Å². The molecule has 6 heteroatoms. The zero-order chi connectivity index (χ0) is 13.0. The van der Waals surface area contributed by atoms with Crippen molar-refractivity contribution in [3.05, 3.63) is 50.4 Å². The van der Waals surface area contributed by atoms with Crippen LogP contribution in [0.3, 0.4) is 0 Å². The number of nitrogens with one attached hydrogen (secondary N) is 1. The molecule has 18 heavy (non-hydrogen) atoms. The monoisotopic (exact) mass is 326 g/mol. The second kappa shape index (κ2) is 6.08. The number of rotatable bonds is 5. The lowest BCUT2D eigenvalue weighted by atomic mass is 10.2. The first kappa shape index (κ1) is 13.2. The molecule has 0 amide bonds. The predicted octanol–water partition coefficient (Wildman–Crippen LogP) is 2.89. The third kappa shape index (κ3) is 3.63. The molecule has 0 bridgehead atoms. The molecule has 2 rings (SSSR count). The van der Waals surface area contributed by atoms with Crippen molar-refractivity contribution in [1.29, 1.82) is 0 Å². The summed E-state index contributed by atoms with van der Waals surface area (Å²) < 4.78 is 1.05. The number of thiazole rings is 1. The molecule has 0 radical (unpaired) electrons. The first-order valence-electron chi connectivity index (χ1n) is 5.28. The average molecular weight is 327 g/mol. The quantitative estimate of drug-likeness (QED) is 0.886. The van der Waals surface area contributed by atoms with Gasteiger partial charge in [0.05, 0.1) is 5.69 Å². The molecular weight excluding hydrogens is 316 g/mol. The molecule has 2 N–H and O–H groups in total. The van der Waals surface area contributed by atoms with Crippen molar-refractivity contribution in [1.82, 2.24) is 10.3 Å². The van der Waals surface area contributed by atoms with E-state index in [0.717, 1.165) is 28.0 Å². The van der Waals surface area contributed by atoms with Gasteiger partial charge in [-0.05, 0) is 17.7 Å². The average Bonchev–Trinajstić information content (AvgIpc) is 2.81. The normalized spacial score (nSPS) is 10.5. The fraction of sp³-hybridized carbons (Fsp3) is 0.167. The number of halogens is 1. The second-order valence-electron chi connectivity index (χ2n) is 3.68. The predicted molar refractivity (Wildman–Crippen MR) is 73.8 cm³/mol. The van der Waals surface area contributed by atoms with E-state index in [1.807, 2.05) is 24.3 Å². The van der Waals surface area contributed by atoms with Crippen molar-refractivity contribution in [2.24, 2.45) is 0 Å². The number of carboxylic acids is 1. The van der Waals surface area contributed by atoms with Gasteiger partial charge in [-0.15, -0.1) is 11.3 Å². The Kier molecular flexibility index (Phi) is 4.46. The van der Waals surface area contributed by atoms with Gasteiger partial charge in [0.2, 0.25) is 5.01 Å². The molecule has 1 aromatic carbocycles. The van der Waals surface area contributed by atoms with Gasteiger partial charge in [0.25, 0.3) is 0 Å². The molecule has 0 spiro atoms. The lowest BCUT2D eigenvalue weighted by molar-refractivity contribution is 0.0696. The van der Waals surface area contributed by atoms with Crippen LogP contribution in [-0.4, -0.2) is 16.1 Å². The van der Waals surface area contributed by atoms with Crippen molar-refractivity contribution in [2.75, 3.05) is 0 Å². The van der Waals surface area contributed by atoms with Crippen molar-refractivity contribution >= 4 is 33.2 Å². The van der Waals surface area contributed by atoms with Crippen LogP contribution in [0.25, 0.3) is 0 Å². The van der Waals surface area contributed by atoms with Gasteiger partial charge in [0.1, 0.15) is 0 Å². The highest BCUT2D eigenvalue weighted by Crippen LogP contribution is 2.11. The SMILES string of the molecule is O=C(O)c1nc(CNCc2ccc(Br)cc2)cs1. The summed E-state index contributed by atoms with van der Waals surface area (Å²) in [6.07, 6.45) is 0. The number of hydrogen-bond donors (Lipinski definition) is 2. The minimum atomic E-state index is -0.973. The Morgan fingerprint density at radius 2 is 2.06 bits per heavy atom. The fourth-order valence-corrected chi connectivity index (χ4v) is 2.34. The van der Waals surface area contributed by atoms with Crippen LogP contribution in [0.15, 0.2) is 34.1 Å². The van der Waals surface area contributed by atoms with Gasteiger partial charge in [-0.2, -0.15) is 0 Å². The van der Waals surface area contributed by atoms with E-state index in [4.69, 9.17) is 5.11 Å². The molecule has 0 saturated heterocycles. The maximum Gasteiger partial charge on any atom is 0.365 e. The van der Waals surface area contributed by atoms with Gasteiger partial charge in [-0.25, -0.2) is 9.78 Å². The summed E-state index contributed by atoms with van der Waals surface area (Å²) in [4.78, 5) is 14.7. The van der Waals surface area contributed by atoms with Crippen LogP contribution in [-0.2, 0) is 13.1 Å². The number of benzene rings is 1. The zero-order valence-electron chi connectivity index (χ0n) is 9.39. The third-order valence-corrected chi connectivity index (χ3v) is 3.69. The fourth-order valence-electron chi connectivity index (χ4n) is 1.42. The second-order valence-corrected chi connectivity index (χ2v) is 5.45. The van der Waals surface area contributed by atoms with Gasteiger partial charge < -0.3 is 10.4 Å². The summed E-state index contributed by atoms with van der Waals surface area (Å²) in [6, 6.07) is 8.03. The Bertz CT molecular complexity index is 539. The zero-order valence-corrected chi connectivity index (χ0v) is 11.8. The van der Waals surface area contributed by atoms with Crippen molar-refractivity contribution in [3.63, 3.8) is 0 Å². The van der Waals surface area contributed by atoms with E-state index in [1.54, 1.807) is 5.38 Å². The minimum Gasteiger partial charge on any atom is -0.476 e. The molecule has 1 heterocycles. The van der Waals surface area contributed by atoms with E-state index in [0.29, 0.717) is 6.54 Å². The largest absolute Gasteiger partial charge is 0.476 e. The molecule has 0 fully saturated rings. The van der Waals surface area contributed by atoms with Crippen LogP contribution in [0, 0.1) is 0 Å². The van der Waals surface area contributed by atoms with Crippen LogP contribution in [0.2, 0.25) is 0 Å². The molecule has 1 aromatic heterocycles. The summed E-state index contributed by atoms with van der Waals surface area (Å²) in [7, 11) is 0. The Hall–Kier alpha value is -1.24. The molecule has 0 aliphatic rings. The molecule has 94 valence electrons. The summed E-state index contributed by atoms with van der Waals surface area (Å²) >= 11 is 4.53. The van der Waals surface area contributed by atoms with Crippen LogP contribution in [0.5, 0.6) is 0 Å². The summed E-state index contributed by atoms with van der Waals surface area (Å²) in [5.41, 5.74) is 1.93. The molecule has 2 aromatic rings. The number of aromatic carboxylic acids is 1. The summed E-state index contributed by atoms with van der Waals surface area (Å²) in [5.74, 6) is -0.973. The van der Waals surface area contributed by atoms with Crippen LogP contribution in [0.1, 0.15) is 21.1 Å². The summed E-state index contributed by atoms with van der Waals surface area (Å²) in [5, 5.41) is 13.9. The minimum absolute atomic E-state index is 0.135. The Morgan fingerprint density at radius 1 is 1.33 bits per heavy atom. The first-order chi connectivity index (χ1) is 8.65. The van der Waals surface area contributed by atoms with Gasteiger partial charge in [-0.3, -0.25) is 0 Å². The number of hydrogen-bond acceptors (Lipinski definition) is 4. The lowest BCUT2D eigenvalue weighted by Crippen LogP contribution is -2.13. The smallest absolute Gasteiger partial charge is 0.365 e. The van der Waals surface area contributed by atoms with E-state index in [1.165, 1.54) is 5.56 Å². The highest BCUT2D eigenvalue weighted by atomic mass is 79.9. The van der Waals surface area contributed by atoms with Crippen LogP contribution in [0.4, 0.5) is 0 Å². The highest BCUT2D eigenvalue weighted by molar-refractivity contribution is 9.10. The standard InChI is InChI=1S/C12H11BrN2O2S/c13-9-3-1-8(2-4-9)5-14-6-10-7-18-11(15-10)12(16)17/h1-4,7,14H,5-6H2,(H,16,17). The molecule has 4 nitrogen and oxygen atoms in total. The molecular formula is C12H11BrN2O2S. The number of aromatic nitrogens is 1. The summed E-state index contributed by atoms with van der Waals surface area (Å²) in [6.45, 7) is 1.30. The highest BCUT2D eigenvalue weighted by Gasteiger charge is 2.08. The van der Waals surface area contributed by atoms with E-state index >= 15 is 0 Å². The van der Waals surface area contributed by atoms with E-state index in [2.05, 4.69) is 26.2 Å². The molecule has 0 aliphatic heterocycles. The Morgan fingerprint density at radius 3 is 2.67 bits per heavy atom. The van der Waals surface area contributed by atoms with Crippen LogP contribution >= 0.6 is 27.3 Å². The van der Waals surface area contributed by atoms with Gasteiger partial charge in [-0.1, -0.05) is 28.1 Å². The molecule has 0 atom stereocenters. The number of carboxylic acid groups (broad SMARTS) is 1. The number of nitrogens with zero attached hydrogens (tertiary/aromatic N) is 1. The van der Waals surface area contributed by atoms with Crippen LogP contribution < -0.4 is 5.32 Å². The molecule has 0 aliphatic carbocycles. The Labute approximate surface area is 117 Å². The van der Waals surface area contributed by atoms with Crippen molar-refractivity contribution in [3.8, 4) is 0 Å². The van der Waals surface area contributed by atoms with Gasteiger partial charge in [0.15, 0.2) is 0 Å². The van der Waals surface area contributed by atoms with Crippen molar-refractivity contribution < 1.29 is 9.90 Å². The lowest BCUT2D eigenvalue weighted by Gasteiger charge is -2.03. The molecule has 0 unspecified atom stereocenters. The maximum absolute atomic E-state index is 10.7. The van der Waals surface area contributed by atoms with E-state index in [-0.39, 0.29) is 5.01 Å². The van der Waals surface area contributed by atoms with Gasteiger partial charge in [0, 0.05) is 22.9 Å². The third-order valence-electron chi connectivity index (χ3n) is 2.28. The van der Waals surface area contributed by atoms with E-state index < -0.39 is 5.97 Å². The molecule has 0 saturated carbocycles. The van der Waals surface area contributed by atoms with E-state index in [9.17, 15) is 4.79 Å². The van der Waals surface area contributed by atoms with Gasteiger partial charge >= 0.3 is 5.97 Å². The Balaban J connectivity index is 1.84. The topological polar surface area (TPSA) is 62.2 Å². The number of carbonyl (C=O) groups is 1. The first-order valence-corrected chi connectivity index (χ1v) is 6.95. The maximum atomic E-state index is 10.7.